The quantitative estimate of drug-likeness (QED) is 0.176. The van der Waals surface area contributed by atoms with E-state index in [4.69, 9.17) is 0 Å². The molecule has 0 amide bonds. The van der Waals surface area contributed by atoms with Crippen molar-refractivity contribution in [2.24, 2.45) is 0 Å². The van der Waals surface area contributed by atoms with Crippen molar-refractivity contribution in [2.75, 3.05) is 0 Å². The molecule has 0 heteroatoms. The van der Waals surface area contributed by atoms with Crippen molar-refractivity contribution in [1.29, 1.82) is 0 Å². The van der Waals surface area contributed by atoms with E-state index in [-0.39, 0.29) is 0 Å². The van der Waals surface area contributed by atoms with Crippen molar-refractivity contribution in [3.63, 3.8) is 0 Å². The Morgan fingerprint density at radius 3 is 1.07 bits per heavy atom. The van der Waals surface area contributed by atoms with E-state index >= 15 is 0 Å². The highest BCUT2D eigenvalue weighted by atomic mass is 14.1. The van der Waals surface area contributed by atoms with Crippen molar-refractivity contribution >= 4 is 0 Å². The monoisotopic (exact) mass is 413 g/mol. The van der Waals surface area contributed by atoms with Crippen LogP contribution in [0.4, 0.5) is 0 Å². The van der Waals surface area contributed by atoms with Gasteiger partial charge in [-0.3, -0.25) is 0 Å². The second-order valence-corrected chi connectivity index (χ2v) is 9.56. The van der Waals surface area contributed by atoms with Crippen LogP contribution >= 0.6 is 0 Å². The number of rotatable bonds is 21. The SMILES string of the molecule is [CH2]Cc1cc(CCCCCCCCCCC)cc(CCCCCCCCCCC)c1. The maximum Gasteiger partial charge on any atom is -0.0279 e. The van der Waals surface area contributed by atoms with Crippen molar-refractivity contribution in [2.45, 2.75) is 149 Å². The zero-order valence-corrected chi connectivity index (χ0v) is 20.8. The molecule has 0 atom stereocenters. The van der Waals surface area contributed by atoms with Crippen molar-refractivity contribution in [3.8, 4) is 0 Å². The topological polar surface area (TPSA) is 0 Å². The first-order valence-electron chi connectivity index (χ1n) is 13.7. The molecule has 0 fully saturated rings. The number of benzene rings is 1. The lowest BCUT2D eigenvalue weighted by Crippen LogP contribution is -1.95. The van der Waals surface area contributed by atoms with Crippen molar-refractivity contribution in [3.05, 3.63) is 41.8 Å². The van der Waals surface area contributed by atoms with E-state index in [1.54, 1.807) is 11.1 Å². The van der Waals surface area contributed by atoms with E-state index in [1.807, 2.05) is 0 Å². The van der Waals surface area contributed by atoms with Crippen LogP contribution in [0.2, 0.25) is 0 Å². The molecule has 0 aliphatic heterocycles. The molecule has 0 unspecified atom stereocenters. The third-order valence-corrected chi connectivity index (χ3v) is 6.54. The summed E-state index contributed by atoms with van der Waals surface area (Å²) in [4.78, 5) is 0. The zero-order valence-electron chi connectivity index (χ0n) is 20.8. The highest BCUT2D eigenvalue weighted by Gasteiger charge is 2.02. The van der Waals surface area contributed by atoms with E-state index in [2.05, 4.69) is 39.0 Å². The van der Waals surface area contributed by atoms with Crippen molar-refractivity contribution in [1.82, 2.24) is 0 Å². The van der Waals surface area contributed by atoms with Crippen LogP contribution in [0.15, 0.2) is 18.2 Å². The summed E-state index contributed by atoms with van der Waals surface area (Å²) in [6.07, 6.45) is 28.9. The standard InChI is InChI=1S/C30H53/c1-4-7-9-11-13-15-17-19-21-23-29-25-28(6-3)26-30(27-29)24-22-20-18-16-14-12-10-8-5-2/h25-27H,3-24H2,1-2H3. The largest absolute Gasteiger partial charge is 0.0654 e. The molecule has 1 radical (unpaired) electrons. The van der Waals surface area contributed by atoms with Gasteiger partial charge in [-0.1, -0.05) is 135 Å². The van der Waals surface area contributed by atoms with E-state index < -0.39 is 0 Å². The lowest BCUT2D eigenvalue weighted by molar-refractivity contribution is 0.563. The van der Waals surface area contributed by atoms with Crippen LogP contribution < -0.4 is 0 Å². The Bertz CT molecular complexity index is 447. The molecule has 0 N–H and O–H groups in total. The third kappa shape index (κ3) is 15.1. The molecule has 1 aromatic rings. The minimum atomic E-state index is 0.927. The second-order valence-electron chi connectivity index (χ2n) is 9.56. The van der Waals surface area contributed by atoms with Gasteiger partial charge in [0.15, 0.2) is 0 Å². The molecular weight excluding hydrogens is 360 g/mol. The summed E-state index contributed by atoms with van der Waals surface area (Å²) in [5.74, 6) is 0. The van der Waals surface area contributed by atoms with E-state index in [0.717, 1.165) is 6.42 Å². The molecule has 0 heterocycles. The van der Waals surface area contributed by atoms with Crippen LogP contribution in [-0.4, -0.2) is 0 Å². The van der Waals surface area contributed by atoms with Crippen LogP contribution in [-0.2, 0) is 19.3 Å². The molecular formula is C30H53. The van der Waals surface area contributed by atoms with E-state index in [0.29, 0.717) is 0 Å². The first kappa shape index (κ1) is 27.3. The summed E-state index contributed by atoms with van der Waals surface area (Å²) in [7, 11) is 0. The number of hydrogen-bond acceptors (Lipinski definition) is 0. The van der Waals surface area contributed by atoms with Crippen LogP contribution in [0.3, 0.4) is 0 Å². The summed E-state index contributed by atoms with van der Waals surface area (Å²) >= 11 is 0. The Labute approximate surface area is 190 Å². The van der Waals surface area contributed by atoms with Crippen LogP contribution in [0.5, 0.6) is 0 Å². The highest BCUT2D eigenvalue weighted by molar-refractivity contribution is 5.31. The molecule has 0 saturated carbocycles. The molecule has 0 aromatic heterocycles. The van der Waals surface area contributed by atoms with Gasteiger partial charge in [0.2, 0.25) is 0 Å². The highest BCUT2D eigenvalue weighted by Crippen LogP contribution is 2.18. The first-order chi connectivity index (χ1) is 14.8. The Morgan fingerprint density at radius 1 is 0.433 bits per heavy atom. The number of hydrogen-bond donors (Lipinski definition) is 0. The smallest absolute Gasteiger partial charge is 0.0279 e. The van der Waals surface area contributed by atoms with Gasteiger partial charge in [-0.05, 0) is 55.7 Å². The Hall–Kier alpha value is -0.780. The molecule has 0 nitrogen and oxygen atoms in total. The van der Waals surface area contributed by atoms with E-state index in [9.17, 15) is 0 Å². The second kappa shape index (κ2) is 20.1. The molecule has 0 aliphatic rings. The van der Waals surface area contributed by atoms with Gasteiger partial charge < -0.3 is 0 Å². The molecule has 30 heavy (non-hydrogen) atoms. The lowest BCUT2D eigenvalue weighted by atomic mass is 9.96. The Kier molecular flexibility index (Phi) is 18.3. The molecule has 0 saturated heterocycles. The Balaban J connectivity index is 2.17. The number of unbranched alkanes of at least 4 members (excludes halogenated alkanes) is 16. The lowest BCUT2D eigenvalue weighted by Gasteiger charge is -2.10. The summed E-state index contributed by atoms with van der Waals surface area (Å²) in [5, 5.41) is 0. The average molecular weight is 414 g/mol. The molecule has 0 aliphatic carbocycles. The van der Waals surface area contributed by atoms with Gasteiger partial charge >= 0.3 is 0 Å². The first-order valence-corrected chi connectivity index (χ1v) is 13.7. The molecule has 0 bridgehead atoms. The van der Waals surface area contributed by atoms with Gasteiger partial charge in [-0.2, -0.15) is 0 Å². The molecule has 173 valence electrons. The van der Waals surface area contributed by atoms with Crippen LogP contribution in [0.25, 0.3) is 0 Å². The molecule has 1 aromatic carbocycles. The van der Waals surface area contributed by atoms with E-state index in [1.165, 1.54) is 134 Å². The third-order valence-electron chi connectivity index (χ3n) is 6.54. The fraction of sp³-hybridized carbons (Fsp3) is 0.767. The number of aryl methyl sites for hydroxylation is 2. The minimum Gasteiger partial charge on any atom is -0.0654 e. The summed E-state index contributed by atoms with van der Waals surface area (Å²) in [6.45, 7) is 8.74. The van der Waals surface area contributed by atoms with Crippen LogP contribution in [0.1, 0.15) is 146 Å². The van der Waals surface area contributed by atoms with Gasteiger partial charge in [-0.15, -0.1) is 0 Å². The normalized spacial score (nSPS) is 11.3. The summed E-state index contributed by atoms with van der Waals surface area (Å²) in [6, 6.07) is 7.32. The summed E-state index contributed by atoms with van der Waals surface area (Å²) < 4.78 is 0. The predicted molar refractivity (Wildman–Crippen MR) is 137 cm³/mol. The van der Waals surface area contributed by atoms with Gasteiger partial charge in [0.1, 0.15) is 0 Å². The van der Waals surface area contributed by atoms with Gasteiger partial charge in [0, 0.05) is 0 Å². The van der Waals surface area contributed by atoms with Gasteiger partial charge in [-0.25, -0.2) is 0 Å². The maximum absolute atomic E-state index is 4.14. The zero-order chi connectivity index (χ0) is 21.7. The molecule has 1 rings (SSSR count). The van der Waals surface area contributed by atoms with Crippen LogP contribution in [0, 0.1) is 6.92 Å². The predicted octanol–water partition coefficient (Wildman–Crippen LogP) is 10.2. The minimum absolute atomic E-state index is 0.927. The van der Waals surface area contributed by atoms with Crippen molar-refractivity contribution < 1.29 is 0 Å². The fourth-order valence-corrected chi connectivity index (χ4v) is 4.55. The maximum atomic E-state index is 4.14. The fourth-order valence-electron chi connectivity index (χ4n) is 4.55. The molecule has 0 spiro atoms. The average Bonchev–Trinajstić information content (AvgIpc) is 2.76. The Morgan fingerprint density at radius 2 is 0.733 bits per heavy atom. The summed E-state index contributed by atoms with van der Waals surface area (Å²) in [5.41, 5.74) is 4.56. The van der Waals surface area contributed by atoms with Gasteiger partial charge in [0.05, 0.1) is 0 Å². The van der Waals surface area contributed by atoms with Gasteiger partial charge in [0.25, 0.3) is 0 Å².